The van der Waals surface area contributed by atoms with E-state index in [9.17, 15) is 5.26 Å². The number of rotatable bonds is 6. The Bertz CT molecular complexity index is 672. The maximum Gasteiger partial charge on any atom is 0.115 e. The van der Waals surface area contributed by atoms with Crippen LogP contribution in [0.25, 0.3) is 0 Å². The molecule has 1 aromatic carbocycles. The highest BCUT2D eigenvalue weighted by Crippen LogP contribution is 2.43. The summed E-state index contributed by atoms with van der Waals surface area (Å²) in [6.45, 7) is 1.98. The number of benzene rings is 1. The van der Waals surface area contributed by atoms with E-state index in [1.807, 2.05) is 19.1 Å². The standard InChI is InChI=1S/C19H20N2S/c1-14-7-11-17(13-20)19(21-14)22-18(12-10-15-8-9-15)16-5-3-2-4-6-16/h2-7,11,15,18H,8-10,12H2,1H3. The predicted octanol–water partition coefficient (Wildman–Crippen LogP) is 5.29. The summed E-state index contributed by atoms with van der Waals surface area (Å²) < 4.78 is 0. The predicted molar refractivity (Wildman–Crippen MR) is 90.7 cm³/mol. The van der Waals surface area contributed by atoms with Crippen molar-refractivity contribution in [3.63, 3.8) is 0 Å². The number of hydrogen-bond donors (Lipinski definition) is 0. The first kappa shape index (κ1) is 15.1. The van der Waals surface area contributed by atoms with Gasteiger partial charge in [-0.2, -0.15) is 5.26 Å². The van der Waals surface area contributed by atoms with Gasteiger partial charge in [-0.05, 0) is 43.4 Å². The molecule has 1 heterocycles. The summed E-state index contributed by atoms with van der Waals surface area (Å²) >= 11 is 1.74. The van der Waals surface area contributed by atoms with Crippen molar-refractivity contribution in [1.82, 2.24) is 4.98 Å². The lowest BCUT2D eigenvalue weighted by Gasteiger charge is -2.17. The molecule has 0 amide bonds. The van der Waals surface area contributed by atoms with Gasteiger partial charge in [0.1, 0.15) is 11.1 Å². The van der Waals surface area contributed by atoms with Gasteiger partial charge in [-0.15, -0.1) is 0 Å². The lowest BCUT2D eigenvalue weighted by Crippen LogP contribution is -1.98. The van der Waals surface area contributed by atoms with Crippen LogP contribution in [0.3, 0.4) is 0 Å². The number of aryl methyl sites for hydroxylation is 1. The van der Waals surface area contributed by atoms with Crippen molar-refractivity contribution < 1.29 is 0 Å². The van der Waals surface area contributed by atoms with Crippen LogP contribution < -0.4 is 0 Å². The Morgan fingerprint density at radius 2 is 2.00 bits per heavy atom. The van der Waals surface area contributed by atoms with Gasteiger partial charge in [0, 0.05) is 10.9 Å². The molecule has 22 heavy (non-hydrogen) atoms. The van der Waals surface area contributed by atoms with Crippen LogP contribution in [0.5, 0.6) is 0 Å². The molecule has 0 radical (unpaired) electrons. The highest BCUT2D eigenvalue weighted by Gasteiger charge is 2.24. The maximum atomic E-state index is 9.32. The second kappa shape index (κ2) is 6.98. The molecule has 0 saturated heterocycles. The molecule has 1 unspecified atom stereocenters. The zero-order chi connectivity index (χ0) is 15.4. The fraction of sp³-hybridized carbons (Fsp3) is 0.368. The minimum atomic E-state index is 0.378. The number of thioether (sulfide) groups is 1. The summed E-state index contributed by atoms with van der Waals surface area (Å²) in [7, 11) is 0. The van der Waals surface area contributed by atoms with Gasteiger partial charge in [0.2, 0.25) is 0 Å². The number of nitrogens with zero attached hydrogens (tertiary/aromatic N) is 2. The molecule has 3 rings (SSSR count). The summed E-state index contributed by atoms with van der Waals surface area (Å²) in [5.74, 6) is 0.924. The quantitative estimate of drug-likeness (QED) is 0.681. The molecule has 1 atom stereocenters. The lowest BCUT2D eigenvalue weighted by molar-refractivity contribution is 0.657. The third kappa shape index (κ3) is 3.90. The topological polar surface area (TPSA) is 36.7 Å². The molecular weight excluding hydrogens is 288 g/mol. The van der Waals surface area contributed by atoms with Crippen LogP contribution in [-0.4, -0.2) is 4.98 Å². The van der Waals surface area contributed by atoms with E-state index in [1.54, 1.807) is 11.8 Å². The number of nitriles is 1. The molecule has 0 spiro atoms. The average Bonchev–Trinajstić information content (AvgIpc) is 3.37. The van der Waals surface area contributed by atoms with Crippen molar-refractivity contribution in [3.8, 4) is 6.07 Å². The largest absolute Gasteiger partial charge is 0.245 e. The Morgan fingerprint density at radius 3 is 2.68 bits per heavy atom. The molecule has 2 aromatic rings. The van der Waals surface area contributed by atoms with Crippen molar-refractivity contribution in [2.75, 3.05) is 0 Å². The summed E-state index contributed by atoms with van der Waals surface area (Å²) in [6.07, 6.45) is 5.21. The average molecular weight is 308 g/mol. The first-order valence-electron chi connectivity index (χ1n) is 7.85. The van der Waals surface area contributed by atoms with E-state index in [4.69, 9.17) is 0 Å². The monoisotopic (exact) mass is 308 g/mol. The zero-order valence-corrected chi connectivity index (χ0v) is 13.6. The van der Waals surface area contributed by atoms with Crippen molar-refractivity contribution in [2.45, 2.75) is 42.9 Å². The summed E-state index contributed by atoms with van der Waals surface area (Å²) in [5, 5.41) is 10.6. The minimum Gasteiger partial charge on any atom is -0.245 e. The van der Waals surface area contributed by atoms with Gasteiger partial charge in [-0.1, -0.05) is 54.9 Å². The van der Waals surface area contributed by atoms with Gasteiger partial charge in [0.05, 0.1) is 5.56 Å². The molecule has 1 fully saturated rings. The second-order valence-corrected chi connectivity index (χ2v) is 7.15. The van der Waals surface area contributed by atoms with Gasteiger partial charge in [0.15, 0.2) is 0 Å². The zero-order valence-electron chi connectivity index (χ0n) is 12.8. The van der Waals surface area contributed by atoms with E-state index in [2.05, 4.69) is 41.4 Å². The summed E-state index contributed by atoms with van der Waals surface area (Å²) in [4.78, 5) is 4.59. The van der Waals surface area contributed by atoms with E-state index in [-0.39, 0.29) is 0 Å². The molecule has 3 heteroatoms. The number of aromatic nitrogens is 1. The third-order valence-corrected chi connectivity index (χ3v) is 5.41. The molecule has 1 saturated carbocycles. The number of hydrogen-bond acceptors (Lipinski definition) is 3. The maximum absolute atomic E-state index is 9.32. The molecule has 1 aromatic heterocycles. The van der Waals surface area contributed by atoms with E-state index in [1.165, 1.54) is 24.8 Å². The smallest absolute Gasteiger partial charge is 0.115 e. The van der Waals surface area contributed by atoms with E-state index in [0.29, 0.717) is 10.8 Å². The van der Waals surface area contributed by atoms with Crippen LogP contribution in [0, 0.1) is 24.2 Å². The van der Waals surface area contributed by atoms with Gasteiger partial charge in [0.25, 0.3) is 0 Å². The van der Waals surface area contributed by atoms with E-state index < -0.39 is 0 Å². The van der Waals surface area contributed by atoms with Crippen LogP contribution in [0.15, 0.2) is 47.5 Å². The SMILES string of the molecule is Cc1ccc(C#N)c(SC(CCC2CC2)c2ccccc2)n1. The van der Waals surface area contributed by atoms with Crippen molar-refractivity contribution >= 4 is 11.8 Å². The van der Waals surface area contributed by atoms with Gasteiger partial charge >= 0.3 is 0 Å². The summed E-state index contributed by atoms with van der Waals surface area (Å²) in [5.41, 5.74) is 2.99. The highest BCUT2D eigenvalue weighted by molar-refractivity contribution is 7.99. The highest BCUT2D eigenvalue weighted by atomic mass is 32.2. The number of pyridine rings is 1. The third-order valence-electron chi connectivity index (χ3n) is 4.08. The second-order valence-electron chi connectivity index (χ2n) is 5.96. The Labute approximate surface area is 136 Å². The van der Waals surface area contributed by atoms with E-state index >= 15 is 0 Å². The van der Waals surface area contributed by atoms with Crippen LogP contribution in [0.2, 0.25) is 0 Å². The molecule has 1 aliphatic rings. The lowest BCUT2D eigenvalue weighted by atomic mass is 10.1. The van der Waals surface area contributed by atoms with Crippen molar-refractivity contribution in [3.05, 3.63) is 59.3 Å². The first-order chi connectivity index (χ1) is 10.8. The van der Waals surface area contributed by atoms with E-state index in [0.717, 1.165) is 23.1 Å². The first-order valence-corrected chi connectivity index (χ1v) is 8.73. The molecule has 0 bridgehead atoms. The molecule has 2 nitrogen and oxygen atoms in total. The van der Waals surface area contributed by atoms with Crippen LogP contribution in [0.4, 0.5) is 0 Å². The van der Waals surface area contributed by atoms with Gasteiger partial charge in [-0.25, -0.2) is 4.98 Å². The normalized spacial score (nSPS) is 15.3. The molecule has 112 valence electrons. The molecular formula is C19H20N2S. The van der Waals surface area contributed by atoms with Crippen molar-refractivity contribution in [1.29, 1.82) is 5.26 Å². The Hall–Kier alpha value is -1.79. The van der Waals surface area contributed by atoms with Gasteiger partial charge < -0.3 is 0 Å². The van der Waals surface area contributed by atoms with Crippen molar-refractivity contribution in [2.24, 2.45) is 5.92 Å². The Balaban J connectivity index is 1.82. The van der Waals surface area contributed by atoms with Gasteiger partial charge in [-0.3, -0.25) is 0 Å². The minimum absolute atomic E-state index is 0.378. The Morgan fingerprint density at radius 1 is 1.23 bits per heavy atom. The van der Waals surface area contributed by atoms with Crippen LogP contribution in [0.1, 0.15) is 47.8 Å². The van der Waals surface area contributed by atoms with Crippen LogP contribution >= 0.6 is 11.8 Å². The molecule has 0 aliphatic heterocycles. The fourth-order valence-electron chi connectivity index (χ4n) is 2.60. The molecule has 1 aliphatic carbocycles. The fourth-order valence-corrected chi connectivity index (χ4v) is 3.85. The molecule has 0 N–H and O–H groups in total. The van der Waals surface area contributed by atoms with Crippen LogP contribution in [-0.2, 0) is 0 Å². The summed E-state index contributed by atoms with van der Waals surface area (Å²) in [6, 6.07) is 16.7. The Kier molecular flexibility index (Phi) is 4.80.